The second-order valence-corrected chi connectivity index (χ2v) is 4.87. The molecule has 1 unspecified atom stereocenters. The van der Waals surface area contributed by atoms with E-state index in [4.69, 9.17) is 0 Å². The minimum Gasteiger partial charge on any atom is -0.309 e. The minimum atomic E-state index is -0.781. The third kappa shape index (κ3) is 4.88. The number of likely N-dealkylation sites (N-methyl/N-ethyl adjacent to an activating group) is 2. The molecule has 1 aromatic carbocycles. The molecule has 0 saturated heterocycles. The molecular formula is C15H24F2N2. The van der Waals surface area contributed by atoms with Gasteiger partial charge in [0.15, 0.2) is 11.6 Å². The van der Waals surface area contributed by atoms with Gasteiger partial charge in [-0.1, -0.05) is 32.4 Å². The highest BCUT2D eigenvalue weighted by molar-refractivity contribution is 5.23. The number of nitrogens with zero attached hydrogens (tertiary/aromatic N) is 1. The summed E-state index contributed by atoms with van der Waals surface area (Å²) in [5.41, 5.74) is 0.408. The number of hydrogen-bond acceptors (Lipinski definition) is 2. The normalized spacial score (nSPS) is 12.9. The van der Waals surface area contributed by atoms with Crippen molar-refractivity contribution in [3.63, 3.8) is 0 Å². The maximum absolute atomic E-state index is 13.8. The fourth-order valence-electron chi connectivity index (χ4n) is 2.14. The summed E-state index contributed by atoms with van der Waals surface area (Å²) in [5, 5.41) is 3.23. The van der Waals surface area contributed by atoms with Gasteiger partial charge in [-0.05, 0) is 32.6 Å². The molecule has 0 spiro atoms. The van der Waals surface area contributed by atoms with Crippen molar-refractivity contribution in [2.75, 3.05) is 26.7 Å². The molecule has 108 valence electrons. The van der Waals surface area contributed by atoms with E-state index >= 15 is 0 Å². The van der Waals surface area contributed by atoms with E-state index < -0.39 is 11.6 Å². The van der Waals surface area contributed by atoms with Crippen LogP contribution < -0.4 is 5.32 Å². The lowest BCUT2D eigenvalue weighted by Gasteiger charge is -2.25. The van der Waals surface area contributed by atoms with Crippen LogP contribution in [0, 0.1) is 11.6 Å². The Labute approximate surface area is 114 Å². The van der Waals surface area contributed by atoms with Gasteiger partial charge in [0, 0.05) is 18.2 Å². The molecule has 4 heteroatoms. The third-order valence-electron chi connectivity index (χ3n) is 3.20. The van der Waals surface area contributed by atoms with Crippen molar-refractivity contribution in [3.05, 3.63) is 35.4 Å². The van der Waals surface area contributed by atoms with Crippen LogP contribution in [0.5, 0.6) is 0 Å². The molecule has 0 aliphatic heterocycles. The van der Waals surface area contributed by atoms with Crippen LogP contribution in [0.4, 0.5) is 8.78 Å². The predicted octanol–water partition coefficient (Wildman–Crippen LogP) is 3.35. The number of nitrogens with one attached hydrogen (secondary N) is 1. The Kier molecular flexibility index (Phi) is 6.95. The minimum absolute atomic E-state index is 0.178. The van der Waals surface area contributed by atoms with E-state index in [0.29, 0.717) is 12.1 Å². The van der Waals surface area contributed by atoms with Crippen LogP contribution in [0.1, 0.15) is 38.3 Å². The monoisotopic (exact) mass is 270 g/mol. The van der Waals surface area contributed by atoms with Crippen molar-refractivity contribution in [1.82, 2.24) is 10.2 Å². The second-order valence-electron chi connectivity index (χ2n) is 4.87. The zero-order chi connectivity index (χ0) is 14.3. The number of rotatable bonds is 8. The van der Waals surface area contributed by atoms with E-state index in [2.05, 4.69) is 17.1 Å². The molecule has 2 nitrogen and oxygen atoms in total. The van der Waals surface area contributed by atoms with Crippen LogP contribution >= 0.6 is 0 Å². The lowest BCUT2D eigenvalue weighted by Crippen LogP contribution is -2.34. The summed E-state index contributed by atoms with van der Waals surface area (Å²) in [4.78, 5) is 2.15. The average molecular weight is 270 g/mol. The smallest absolute Gasteiger partial charge is 0.163 e. The van der Waals surface area contributed by atoms with Crippen molar-refractivity contribution in [1.29, 1.82) is 0 Å². The molecule has 0 fully saturated rings. The quantitative estimate of drug-likeness (QED) is 0.779. The third-order valence-corrected chi connectivity index (χ3v) is 3.20. The van der Waals surface area contributed by atoms with Gasteiger partial charge in [-0.15, -0.1) is 0 Å². The summed E-state index contributed by atoms with van der Waals surface area (Å²) in [6.07, 6.45) is 2.24. The fraction of sp³-hybridized carbons (Fsp3) is 0.600. The van der Waals surface area contributed by atoms with Gasteiger partial charge in [0.05, 0.1) is 0 Å². The molecule has 0 saturated carbocycles. The van der Waals surface area contributed by atoms with E-state index in [1.54, 1.807) is 12.1 Å². The first-order valence-corrected chi connectivity index (χ1v) is 6.96. The van der Waals surface area contributed by atoms with Gasteiger partial charge in [0.2, 0.25) is 0 Å². The largest absolute Gasteiger partial charge is 0.309 e. The zero-order valence-electron chi connectivity index (χ0n) is 12.0. The maximum atomic E-state index is 13.8. The Hall–Kier alpha value is -1.00. The van der Waals surface area contributed by atoms with E-state index in [-0.39, 0.29) is 6.04 Å². The van der Waals surface area contributed by atoms with Crippen molar-refractivity contribution < 1.29 is 8.78 Å². The number of benzene rings is 1. The van der Waals surface area contributed by atoms with Gasteiger partial charge < -0.3 is 10.2 Å². The first-order valence-electron chi connectivity index (χ1n) is 6.96. The molecule has 0 bridgehead atoms. The van der Waals surface area contributed by atoms with E-state index in [9.17, 15) is 8.78 Å². The first-order chi connectivity index (χ1) is 9.10. The van der Waals surface area contributed by atoms with Gasteiger partial charge in [0.25, 0.3) is 0 Å². The lowest BCUT2D eigenvalue weighted by molar-refractivity contribution is 0.283. The second kappa shape index (κ2) is 8.23. The molecule has 0 amide bonds. The van der Waals surface area contributed by atoms with E-state index in [0.717, 1.165) is 32.0 Å². The van der Waals surface area contributed by atoms with Crippen LogP contribution in [-0.2, 0) is 0 Å². The highest BCUT2D eigenvalue weighted by Crippen LogP contribution is 2.20. The summed E-state index contributed by atoms with van der Waals surface area (Å²) in [6.45, 7) is 6.48. The van der Waals surface area contributed by atoms with Crippen molar-refractivity contribution in [2.24, 2.45) is 0 Å². The Morgan fingerprint density at radius 1 is 1.26 bits per heavy atom. The summed E-state index contributed by atoms with van der Waals surface area (Å²) < 4.78 is 27.1. The molecule has 0 radical (unpaired) electrons. The number of halogens is 2. The van der Waals surface area contributed by atoms with E-state index in [1.165, 1.54) is 0 Å². The van der Waals surface area contributed by atoms with Crippen molar-refractivity contribution >= 4 is 0 Å². The van der Waals surface area contributed by atoms with Crippen molar-refractivity contribution in [3.8, 4) is 0 Å². The molecule has 1 atom stereocenters. The fourth-order valence-corrected chi connectivity index (χ4v) is 2.14. The Bertz CT molecular complexity index is 382. The predicted molar refractivity (Wildman–Crippen MR) is 75.2 cm³/mol. The number of hydrogen-bond donors (Lipinski definition) is 1. The standard InChI is InChI=1S/C15H24F2N2/c1-4-6-10-19(3)11-14(18-5-2)12-8-7-9-13(16)15(12)17/h7-9,14,18H,4-6,10-11H2,1-3H3. The summed E-state index contributed by atoms with van der Waals surface area (Å²) in [6, 6.07) is 4.19. The Morgan fingerprint density at radius 2 is 2.00 bits per heavy atom. The van der Waals surface area contributed by atoms with Crippen LogP contribution in [-0.4, -0.2) is 31.6 Å². The highest BCUT2D eigenvalue weighted by Gasteiger charge is 2.18. The maximum Gasteiger partial charge on any atom is 0.163 e. The van der Waals surface area contributed by atoms with Gasteiger partial charge in [-0.3, -0.25) is 0 Å². The highest BCUT2D eigenvalue weighted by atomic mass is 19.2. The zero-order valence-corrected chi connectivity index (χ0v) is 12.0. The SMILES string of the molecule is CCCCN(C)CC(NCC)c1cccc(F)c1F. The topological polar surface area (TPSA) is 15.3 Å². The molecule has 0 aliphatic rings. The van der Waals surface area contributed by atoms with Gasteiger partial charge >= 0.3 is 0 Å². The van der Waals surface area contributed by atoms with Crippen molar-refractivity contribution in [2.45, 2.75) is 32.7 Å². The molecule has 19 heavy (non-hydrogen) atoms. The summed E-state index contributed by atoms with van der Waals surface area (Å²) in [5.74, 6) is -1.52. The Balaban J connectivity index is 2.79. The molecule has 0 heterocycles. The first kappa shape index (κ1) is 16.1. The summed E-state index contributed by atoms with van der Waals surface area (Å²) in [7, 11) is 2.01. The van der Waals surface area contributed by atoms with Gasteiger partial charge in [-0.25, -0.2) is 8.78 Å². The van der Waals surface area contributed by atoms with Gasteiger partial charge in [0.1, 0.15) is 0 Å². The molecular weight excluding hydrogens is 246 g/mol. The molecule has 1 rings (SSSR count). The molecule has 0 aromatic heterocycles. The van der Waals surface area contributed by atoms with E-state index in [1.807, 2.05) is 14.0 Å². The lowest BCUT2D eigenvalue weighted by atomic mass is 10.1. The molecule has 1 aromatic rings. The van der Waals surface area contributed by atoms with Gasteiger partial charge in [-0.2, -0.15) is 0 Å². The Morgan fingerprint density at radius 3 is 2.63 bits per heavy atom. The van der Waals surface area contributed by atoms with Crippen LogP contribution in [0.15, 0.2) is 18.2 Å². The molecule has 1 N–H and O–H groups in total. The van der Waals surface area contributed by atoms with Crippen LogP contribution in [0.3, 0.4) is 0 Å². The van der Waals surface area contributed by atoms with Crippen LogP contribution in [0.2, 0.25) is 0 Å². The molecule has 0 aliphatic carbocycles. The summed E-state index contributed by atoms with van der Waals surface area (Å²) >= 11 is 0. The number of unbranched alkanes of at least 4 members (excludes halogenated alkanes) is 1. The average Bonchev–Trinajstić information content (AvgIpc) is 2.39. The van der Waals surface area contributed by atoms with Crippen LogP contribution in [0.25, 0.3) is 0 Å².